The lowest BCUT2D eigenvalue weighted by Crippen LogP contribution is -2.39. The van der Waals surface area contributed by atoms with Gasteiger partial charge in [-0.15, -0.1) is 0 Å². The van der Waals surface area contributed by atoms with E-state index in [2.05, 4.69) is 5.32 Å². The second-order valence-electron chi connectivity index (χ2n) is 5.91. The van der Waals surface area contributed by atoms with Crippen molar-refractivity contribution in [2.75, 3.05) is 11.4 Å². The quantitative estimate of drug-likeness (QED) is 0.841. The van der Waals surface area contributed by atoms with Gasteiger partial charge in [-0.3, -0.25) is 9.59 Å². The Balaban J connectivity index is 2.05. The number of ether oxygens (including phenoxy) is 1. The molecule has 0 saturated carbocycles. The van der Waals surface area contributed by atoms with Crippen molar-refractivity contribution in [3.8, 4) is 0 Å². The molecule has 1 N–H and O–H groups in total. The van der Waals surface area contributed by atoms with E-state index in [-0.39, 0.29) is 17.9 Å². The summed E-state index contributed by atoms with van der Waals surface area (Å²) >= 11 is 0. The first-order valence-electron chi connectivity index (χ1n) is 7.80. The Morgan fingerprint density at radius 3 is 2.61 bits per heavy atom. The van der Waals surface area contributed by atoms with Crippen LogP contribution in [0.15, 0.2) is 24.3 Å². The SMILES string of the molecule is CC(C)NC(=O)[C@H](C)OC(=O)c1cccc(N2CCCC2=O)c1. The summed E-state index contributed by atoms with van der Waals surface area (Å²) in [4.78, 5) is 37.4. The molecule has 23 heavy (non-hydrogen) atoms. The third kappa shape index (κ3) is 4.31. The van der Waals surface area contributed by atoms with Crippen LogP contribution in [0.5, 0.6) is 0 Å². The molecule has 6 nitrogen and oxygen atoms in total. The van der Waals surface area contributed by atoms with Crippen LogP contribution < -0.4 is 10.2 Å². The molecule has 0 unspecified atom stereocenters. The zero-order valence-corrected chi connectivity index (χ0v) is 13.7. The Morgan fingerprint density at radius 2 is 2.00 bits per heavy atom. The van der Waals surface area contributed by atoms with E-state index in [1.807, 2.05) is 13.8 Å². The van der Waals surface area contributed by atoms with Gasteiger partial charge in [-0.05, 0) is 45.4 Å². The van der Waals surface area contributed by atoms with Gasteiger partial charge in [0.2, 0.25) is 5.91 Å². The number of hydrogen-bond donors (Lipinski definition) is 1. The Kier molecular flexibility index (Phi) is 5.36. The fourth-order valence-electron chi connectivity index (χ4n) is 2.41. The number of amides is 2. The molecule has 0 aromatic heterocycles. The number of nitrogens with zero attached hydrogens (tertiary/aromatic N) is 1. The first-order valence-corrected chi connectivity index (χ1v) is 7.80. The predicted molar refractivity (Wildman–Crippen MR) is 86.2 cm³/mol. The highest BCUT2D eigenvalue weighted by Crippen LogP contribution is 2.22. The third-order valence-electron chi connectivity index (χ3n) is 3.55. The highest BCUT2D eigenvalue weighted by atomic mass is 16.5. The number of esters is 1. The molecule has 0 aliphatic carbocycles. The Labute approximate surface area is 135 Å². The number of carbonyl (C=O) groups is 3. The molecule has 1 aliphatic rings. The summed E-state index contributed by atoms with van der Waals surface area (Å²) in [6, 6.07) is 6.71. The molecule has 6 heteroatoms. The van der Waals surface area contributed by atoms with Crippen molar-refractivity contribution in [3.05, 3.63) is 29.8 Å². The summed E-state index contributed by atoms with van der Waals surface area (Å²) < 4.78 is 5.19. The van der Waals surface area contributed by atoms with E-state index in [9.17, 15) is 14.4 Å². The molecule has 124 valence electrons. The zero-order valence-electron chi connectivity index (χ0n) is 13.7. The van der Waals surface area contributed by atoms with Crippen molar-refractivity contribution in [3.63, 3.8) is 0 Å². The fourth-order valence-corrected chi connectivity index (χ4v) is 2.41. The molecule has 1 atom stereocenters. The highest BCUT2D eigenvalue weighted by molar-refractivity contribution is 5.98. The topological polar surface area (TPSA) is 75.7 Å². The fraction of sp³-hybridized carbons (Fsp3) is 0.471. The average Bonchev–Trinajstić information content (AvgIpc) is 2.92. The summed E-state index contributed by atoms with van der Waals surface area (Å²) in [5.41, 5.74) is 1.01. The van der Waals surface area contributed by atoms with Crippen molar-refractivity contribution in [2.45, 2.75) is 45.8 Å². The lowest BCUT2D eigenvalue weighted by Gasteiger charge is -2.18. The van der Waals surface area contributed by atoms with Gasteiger partial charge in [0.05, 0.1) is 5.56 Å². The van der Waals surface area contributed by atoms with Gasteiger partial charge in [0.25, 0.3) is 5.91 Å². The van der Waals surface area contributed by atoms with Gasteiger partial charge >= 0.3 is 5.97 Å². The minimum absolute atomic E-state index is 0.0202. The molecule has 1 heterocycles. The van der Waals surface area contributed by atoms with E-state index in [0.717, 1.165) is 6.42 Å². The summed E-state index contributed by atoms with van der Waals surface area (Å²) in [5, 5.41) is 2.69. The first-order chi connectivity index (χ1) is 10.9. The van der Waals surface area contributed by atoms with Crippen LogP contribution in [0.2, 0.25) is 0 Å². The van der Waals surface area contributed by atoms with Gasteiger partial charge in [0.15, 0.2) is 6.10 Å². The van der Waals surface area contributed by atoms with Crippen LogP contribution in [0.1, 0.15) is 44.0 Å². The lowest BCUT2D eigenvalue weighted by atomic mass is 10.2. The Hall–Kier alpha value is -2.37. The molecular formula is C17H22N2O4. The number of nitrogens with one attached hydrogen (secondary N) is 1. The first kappa shape index (κ1) is 17.0. The number of anilines is 1. The maximum absolute atomic E-state index is 12.2. The van der Waals surface area contributed by atoms with E-state index >= 15 is 0 Å². The monoisotopic (exact) mass is 318 g/mol. The van der Waals surface area contributed by atoms with Crippen molar-refractivity contribution in [1.82, 2.24) is 5.32 Å². The van der Waals surface area contributed by atoms with Crippen molar-refractivity contribution >= 4 is 23.5 Å². The minimum Gasteiger partial charge on any atom is -0.449 e. The van der Waals surface area contributed by atoms with Gasteiger partial charge in [-0.2, -0.15) is 0 Å². The van der Waals surface area contributed by atoms with E-state index in [4.69, 9.17) is 4.74 Å². The molecule has 2 rings (SSSR count). The van der Waals surface area contributed by atoms with Crippen molar-refractivity contribution in [1.29, 1.82) is 0 Å². The van der Waals surface area contributed by atoms with Crippen LogP contribution in [0.25, 0.3) is 0 Å². The van der Waals surface area contributed by atoms with Gasteiger partial charge in [-0.25, -0.2) is 4.79 Å². The third-order valence-corrected chi connectivity index (χ3v) is 3.55. The Bertz CT molecular complexity index is 612. The minimum atomic E-state index is -0.873. The van der Waals surface area contributed by atoms with E-state index < -0.39 is 12.1 Å². The number of hydrogen-bond acceptors (Lipinski definition) is 4. The predicted octanol–water partition coefficient (Wildman–Crippen LogP) is 1.88. The van der Waals surface area contributed by atoms with Gasteiger partial charge < -0.3 is 15.0 Å². The second kappa shape index (κ2) is 7.26. The molecule has 0 spiro atoms. The van der Waals surface area contributed by atoms with Gasteiger partial charge in [-0.1, -0.05) is 6.07 Å². The van der Waals surface area contributed by atoms with Gasteiger partial charge in [0.1, 0.15) is 0 Å². The highest BCUT2D eigenvalue weighted by Gasteiger charge is 2.23. The molecule has 1 aliphatic heterocycles. The Morgan fingerprint density at radius 1 is 1.26 bits per heavy atom. The molecule has 2 amide bonds. The molecule has 0 bridgehead atoms. The molecule has 1 saturated heterocycles. The normalized spacial score (nSPS) is 15.7. The number of benzene rings is 1. The van der Waals surface area contributed by atoms with Crippen LogP contribution in [0.4, 0.5) is 5.69 Å². The van der Waals surface area contributed by atoms with Crippen LogP contribution in [0.3, 0.4) is 0 Å². The average molecular weight is 318 g/mol. The zero-order chi connectivity index (χ0) is 17.0. The number of carbonyl (C=O) groups excluding carboxylic acids is 3. The van der Waals surface area contributed by atoms with Crippen LogP contribution >= 0.6 is 0 Å². The van der Waals surface area contributed by atoms with E-state index in [1.165, 1.54) is 6.92 Å². The second-order valence-corrected chi connectivity index (χ2v) is 5.91. The summed E-state index contributed by atoms with van der Waals surface area (Å²) in [5.74, 6) is -0.857. The molecule has 0 radical (unpaired) electrons. The smallest absolute Gasteiger partial charge is 0.338 e. The molecule has 1 aromatic rings. The van der Waals surface area contributed by atoms with Crippen LogP contribution in [-0.4, -0.2) is 36.5 Å². The maximum atomic E-state index is 12.2. The van der Waals surface area contributed by atoms with Crippen LogP contribution in [0, 0.1) is 0 Å². The maximum Gasteiger partial charge on any atom is 0.338 e. The number of rotatable bonds is 5. The van der Waals surface area contributed by atoms with Crippen molar-refractivity contribution < 1.29 is 19.1 Å². The standard InChI is InChI=1S/C17H22N2O4/c1-11(2)18-16(21)12(3)23-17(22)13-6-4-7-14(10-13)19-9-5-8-15(19)20/h4,6-7,10-12H,5,8-9H2,1-3H3,(H,18,21)/t12-/m0/s1. The van der Waals surface area contributed by atoms with Crippen LogP contribution in [-0.2, 0) is 14.3 Å². The van der Waals surface area contributed by atoms with Gasteiger partial charge in [0, 0.05) is 24.7 Å². The molecular weight excluding hydrogens is 296 g/mol. The molecule has 1 fully saturated rings. The largest absolute Gasteiger partial charge is 0.449 e. The molecule has 1 aromatic carbocycles. The van der Waals surface area contributed by atoms with E-state index in [0.29, 0.717) is 24.2 Å². The summed E-state index contributed by atoms with van der Waals surface area (Å²) in [6.07, 6.45) is 0.475. The summed E-state index contributed by atoms with van der Waals surface area (Å²) in [6.45, 7) is 5.86. The van der Waals surface area contributed by atoms with E-state index in [1.54, 1.807) is 29.2 Å². The van der Waals surface area contributed by atoms with Crippen molar-refractivity contribution in [2.24, 2.45) is 0 Å². The summed E-state index contributed by atoms with van der Waals surface area (Å²) in [7, 11) is 0. The lowest BCUT2D eigenvalue weighted by molar-refractivity contribution is -0.129.